The van der Waals surface area contributed by atoms with Crippen LogP contribution in [0.5, 0.6) is 0 Å². The van der Waals surface area contributed by atoms with E-state index in [0.717, 1.165) is 18.5 Å². The average molecular weight is 566 g/mol. The summed E-state index contributed by atoms with van der Waals surface area (Å²) in [4.78, 5) is 43.5. The summed E-state index contributed by atoms with van der Waals surface area (Å²) in [5, 5.41) is 4.42. The molecule has 0 atom stereocenters. The van der Waals surface area contributed by atoms with Gasteiger partial charge in [-0.25, -0.2) is 13.9 Å². The van der Waals surface area contributed by atoms with Crippen LogP contribution < -0.4 is 17.0 Å². The Bertz CT molecular complexity index is 1910. The second-order valence-electron chi connectivity index (χ2n) is 10.3. The van der Waals surface area contributed by atoms with Gasteiger partial charge in [0, 0.05) is 60.2 Å². The van der Waals surface area contributed by atoms with E-state index in [0.29, 0.717) is 35.4 Å². The minimum atomic E-state index is -0.909. The number of anilines is 1. The van der Waals surface area contributed by atoms with Gasteiger partial charge in [0.05, 0.1) is 0 Å². The lowest BCUT2D eigenvalue weighted by Gasteiger charge is -2.31. The molecule has 0 radical (unpaired) electrons. The molecule has 11 heteroatoms. The lowest BCUT2D eigenvalue weighted by Crippen LogP contribution is -2.36. The van der Waals surface area contributed by atoms with Crippen molar-refractivity contribution in [2.45, 2.75) is 25.7 Å². The molecule has 0 spiro atoms. The molecule has 2 aromatic carbocycles. The van der Waals surface area contributed by atoms with E-state index in [2.05, 4.69) is 10.1 Å². The molecule has 4 N–H and O–H groups in total. The van der Waals surface area contributed by atoms with Gasteiger partial charge in [-0.2, -0.15) is 5.10 Å². The van der Waals surface area contributed by atoms with Crippen LogP contribution in [-0.2, 0) is 4.79 Å². The Morgan fingerprint density at radius 3 is 2.38 bits per heavy atom. The number of amides is 2. The van der Waals surface area contributed by atoms with Crippen LogP contribution in [0.25, 0.3) is 33.5 Å². The molecule has 6 rings (SSSR count). The van der Waals surface area contributed by atoms with E-state index in [-0.39, 0.29) is 34.3 Å². The maximum atomic E-state index is 15.9. The second kappa shape index (κ2) is 10.6. The number of halogens is 1. The Morgan fingerprint density at radius 1 is 0.976 bits per heavy atom. The van der Waals surface area contributed by atoms with E-state index in [1.165, 1.54) is 23.2 Å². The molecule has 0 aliphatic carbocycles. The van der Waals surface area contributed by atoms with Crippen molar-refractivity contribution in [2.24, 2.45) is 5.73 Å². The number of para-hydroxylation sites is 1. The van der Waals surface area contributed by atoms with Crippen molar-refractivity contribution >= 4 is 23.1 Å². The summed E-state index contributed by atoms with van der Waals surface area (Å²) in [6.07, 6.45) is 4.37. The van der Waals surface area contributed by atoms with Crippen LogP contribution in [0.1, 0.15) is 41.7 Å². The predicted molar refractivity (Wildman–Crippen MR) is 157 cm³/mol. The molecule has 1 aliphatic rings. The highest BCUT2D eigenvalue weighted by Crippen LogP contribution is 2.38. The highest BCUT2D eigenvalue weighted by atomic mass is 19.1. The zero-order valence-corrected chi connectivity index (χ0v) is 22.8. The number of aromatic nitrogens is 4. The van der Waals surface area contributed by atoms with E-state index < -0.39 is 17.3 Å². The largest absolute Gasteiger partial charge is 0.382 e. The number of benzene rings is 2. The number of hydrogen-bond acceptors (Lipinski definition) is 6. The molecular weight excluding hydrogens is 537 g/mol. The minimum absolute atomic E-state index is 0.0415. The molecule has 212 valence electrons. The van der Waals surface area contributed by atoms with Gasteiger partial charge in [0.15, 0.2) is 5.82 Å². The molecule has 5 aromatic rings. The summed E-state index contributed by atoms with van der Waals surface area (Å²) in [6, 6.07) is 16.8. The summed E-state index contributed by atoms with van der Waals surface area (Å²) < 4.78 is 18.9. The summed E-state index contributed by atoms with van der Waals surface area (Å²) in [5.74, 6) is -1.15. The Balaban J connectivity index is 1.42. The maximum Gasteiger partial charge on any atom is 0.268 e. The summed E-state index contributed by atoms with van der Waals surface area (Å²) in [7, 11) is 0. The fraction of sp³-hybridized carbons (Fsp3) is 0.194. The second-order valence-corrected chi connectivity index (χ2v) is 10.3. The first-order chi connectivity index (χ1) is 20.2. The number of rotatable bonds is 5. The summed E-state index contributed by atoms with van der Waals surface area (Å²) in [5.41, 5.74) is 14.3. The smallest absolute Gasteiger partial charge is 0.268 e. The van der Waals surface area contributed by atoms with Gasteiger partial charge in [0.2, 0.25) is 5.91 Å². The maximum absolute atomic E-state index is 15.9. The molecule has 0 saturated carbocycles. The van der Waals surface area contributed by atoms with Crippen molar-refractivity contribution in [3.63, 3.8) is 0 Å². The normalized spacial score (nSPS) is 13.9. The fourth-order valence-electron chi connectivity index (χ4n) is 5.79. The van der Waals surface area contributed by atoms with Gasteiger partial charge >= 0.3 is 0 Å². The van der Waals surface area contributed by atoms with Gasteiger partial charge in [0.1, 0.15) is 23.2 Å². The van der Waals surface area contributed by atoms with Gasteiger partial charge < -0.3 is 16.4 Å². The van der Waals surface area contributed by atoms with Crippen LogP contribution in [0.15, 0.2) is 78.0 Å². The van der Waals surface area contributed by atoms with Crippen LogP contribution in [-0.4, -0.2) is 49.0 Å². The Kier molecular flexibility index (Phi) is 6.77. The lowest BCUT2D eigenvalue weighted by molar-refractivity contribution is -0.129. The van der Waals surface area contributed by atoms with Crippen molar-refractivity contribution in [1.82, 2.24) is 24.1 Å². The molecule has 4 heterocycles. The van der Waals surface area contributed by atoms with Crippen molar-refractivity contribution in [1.29, 1.82) is 0 Å². The van der Waals surface area contributed by atoms with E-state index >= 15 is 4.39 Å². The third-order valence-corrected chi connectivity index (χ3v) is 7.91. The molecule has 1 aliphatic heterocycles. The third kappa shape index (κ3) is 4.58. The number of carbonyl (C=O) groups excluding carboxylic acids is 2. The number of primary amides is 1. The number of likely N-dealkylation sites (tertiary alicyclic amines) is 1. The number of nitrogens with two attached hydrogens (primary N) is 2. The Morgan fingerprint density at radius 2 is 1.71 bits per heavy atom. The zero-order valence-electron chi connectivity index (χ0n) is 22.8. The minimum Gasteiger partial charge on any atom is -0.382 e. The van der Waals surface area contributed by atoms with Crippen molar-refractivity contribution in [3.05, 3.63) is 101 Å². The lowest BCUT2D eigenvalue weighted by atomic mass is 9.92. The van der Waals surface area contributed by atoms with Gasteiger partial charge in [0.25, 0.3) is 11.5 Å². The predicted octanol–water partition coefficient (Wildman–Crippen LogP) is 3.76. The third-order valence-electron chi connectivity index (χ3n) is 7.91. The molecule has 1 fully saturated rings. The summed E-state index contributed by atoms with van der Waals surface area (Å²) in [6.45, 7) is 2.81. The monoisotopic (exact) mass is 565 g/mol. The molecule has 10 nitrogen and oxygen atoms in total. The molecule has 42 heavy (non-hydrogen) atoms. The standard InChI is InChI=1S/C31H28FN7O3/c1-18(40)37-12-9-19(10-13-37)26-16-24(28-29(33)35-17-36-39(26)28)23-8-7-20(15-25(23)32)22-11-14-38(21-5-3-2-4-6-21)31(42)27(22)30(34)41/h2-8,11,14-17,19H,9-10,12-13H2,1H3,(H2,34,41)(H2,33,35,36). The number of hydrogen-bond donors (Lipinski definition) is 2. The number of piperidine rings is 1. The van der Waals surface area contributed by atoms with Crippen LogP contribution in [0.4, 0.5) is 10.2 Å². The first kappa shape index (κ1) is 26.9. The first-order valence-corrected chi connectivity index (χ1v) is 13.5. The zero-order chi connectivity index (χ0) is 29.5. The number of nitrogen functional groups attached to an aromatic ring is 1. The van der Waals surface area contributed by atoms with E-state index in [1.807, 2.05) is 17.0 Å². The molecule has 0 bridgehead atoms. The molecule has 0 unspecified atom stereocenters. The Labute approximate surface area is 240 Å². The van der Waals surface area contributed by atoms with Crippen LogP contribution in [0, 0.1) is 5.82 Å². The van der Waals surface area contributed by atoms with Gasteiger partial charge in [-0.15, -0.1) is 0 Å². The van der Waals surface area contributed by atoms with E-state index in [1.54, 1.807) is 53.9 Å². The number of fused-ring (bicyclic) bond motifs is 1. The number of pyridine rings is 1. The van der Waals surface area contributed by atoms with Gasteiger partial charge in [-0.1, -0.05) is 30.3 Å². The van der Waals surface area contributed by atoms with Crippen LogP contribution >= 0.6 is 0 Å². The van der Waals surface area contributed by atoms with Gasteiger partial charge in [-0.05, 0) is 48.7 Å². The van der Waals surface area contributed by atoms with Crippen molar-refractivity contribution in [2.75, 3.05) is 18.8 Å². The van der Waals surface area contributed by atoms with E-state index in [4.69, 9.17) is 11.5 Å². The average Bonchev–Trinajstić information content (AvgIpc) is 3.38. The van der Waals surface area contributed by atoms with Crippen LogP contribution in [0.3, 0.4) is 0 Å². The first-order valence-electron chi connectivity index (χ1n) is 13.5. The Hall–Kier alpha value is -5.32. The quantitative estimate of drug-likeness (QED) is 0.332. The van der Waals surface area contributed by atoms with Crippen molar-refractivity contribution in [3.8, 4) is 27.9 Å². The topological polar surface area (TPSA) is 142 Å². The highest BCUT2D eigenvalue weighted by Gasteiger charge is 2.27. The number of carbonyl (C=O) groups is 2. The van der Waals surface area contributed by atoms with Gasteiger partial charge in [-0.3, -0.25) is 19.0 Å². The molecule has 1 saturated heterocycles. The van der Waals surface area contributed by atoms with E-state index in [9.17, 15) is 14.4 Å². The SMILES string of the molecule is CC(=O)N1CCC(c2cc(-c3ccc(-c4ccn(-c5ccccc5)c(=O)c4C(N)=O)cc3F)c3c(N)ncnn23)CC1. The van der Waals surface area contributed by atoms with Crippen LogP contribution in [0.2, 0.25) is 0 Å². The molecule has 2 amide bonds. The van der Waals surface area contributed by atoms with Crippen molar-refractivity contribution < 1.29 is 14.0 Å². The summed E-state index contributed by atoms with van der Waals surface area (Å²) >= 11 is 0. The molecule has 3 aromatic heterocycles. The number of nitrogens with zero attached hydrogens (tertiary/aromatic N) is 5. The highest BCUT2D eigenvalue weighted by molar-refractivity contribution is 6.00. The fourth-order valence-corrected chi connectivity index (χ4v) is 5.79. The molecular formula is C31H28FN7O3.